The molecule has 2 unspecified atom stereocenters. The van der Waals surface area contributed by atoms with Crippen LogP contribution in [0.1, 0.15) is 26.3 Å². The minimum atomic E-state index is -4.68. The van der Waals surface area contributed by atoms with Gasteiger partial charge in [-0.25, -0.2) is 0 Å². The Hall–Kier alpha value is -1.80. The molecule has 1 aromatic rings. The molecule has 1 aliphatic carbocycles. The van der Waals surface area contributed by atoms with Gasteiger partial charge in [-0.15, -0.1) is 26.3 Å². The first-order chi connectivity index (χ1) is 13.5. The minimum absolute atomic E-state index is 0.0726. The molecule has 2 aliphatic rings. The maximum Gasteiger partial charge on any atom is 0.573 e. The van der Waals surface area contributed by atoms with Gasteiger partial charge in [0.25, 0.3) is 0 Å². The van der Waals surface area contributed by atoms with Gasteiger partial charge in [0.1, 0.15) is 5.75 Å². The highest BCUT2D eigenvalue weighted by Gasteiger charge is 2.53. The van der Waals surface area contributed by atoms with Crippen molar-refractivity contribution in [1.82, 2.24) is 10.2 Å². The summed E-state index contributed by atoms with van der Waals surface area (Å²) in [6.07, 6.45) is -4.68. The van der Waals surface area contributed by atoms with Crippen LogP contribution in [0.2, 0.25) is 0 Å². The van der Waals surface area contributed by atoms with Crippen molar-refractivity contribution in [3.63, 3.8) is 0 Å². The number of piperidine rings is 1. The highest BCUT2D eigenvalue weighted by molar-refractivity contribution is 5.78. The number of nitrogens with zero attached hydrogens (tertiary/aromatic N) is 2. The van der Waals surface area contributed by atoms with Gasteiger partial charge < -0.3 is 15.4 Å². The maximum atomic E-state index is 12.3. The number of halogens is 3. The molecule has 0 spiro atoms. The average molecular weight is 412 g/mol. The van der Waals surface area contributed by atoms with E-state index in [1.807, 2.05) is 0 Å². The van der Waals surface area contributed by atoms with E-state index in [1.165, 1.54) is 12.1 Å². The monoisotopic (exact) mass is 412 g/mol. The molecule has 8 heteroatoms. The maximum absolute atomic E-state index is 12.3. The van der Waals surface area contributed by atoms with Crippen molar-refractivity contribution in [3.8, 4) is 5.75 Å². The van der Waals surface area contributed by atoms with E-state index in [4.69, 9.17) is 0 Å². The smallest absolute Gasteiger partial charge is 0.573 e. The Bertz CT molecular complexity index is 706. The molecule has 3 rings (SSSR count). The number of likely N-dealkylation sites (tertiary alicyclic amines) is 1. The molecule has 1 aromatic carbocycles. The number of benzene rings is 1. The van der Waals surface area contributed by atoms with Crippen LogP contribution >= 0.6 is 0 Å². The van der Waals surface area contributed by atoms with Crippen molar-refractivity contribution in [3.05, 3.63) is 35.1 Å². The molecule has 1 heterocycles. The predicted molar refractivity (Wildman–Crippen MR) is 104 cm³/mol. The lowest BCUT2D eigenvalue weighted by atomic mass is 9.97. The molecule has 0 radical (unpaired) electrons. The summed E-state index contributed by atoms with van der Waals surface area (Å²) < 4.78 is 40.8. The van der Waals surface area contributed by atoms with Crippen LogP contribution in [0.4, 0.5) is 13.2 Å². The molecule has 1 saturated carbocycles. The predicted octanol–water partition coefficient (Wildman–Crippen LogP) is 3.80. The molecule has 1 aliphatic heterocycles. The van der Waals surface area contributed by atoms with Crippen LogP contribution in [0, 0.1) is 23.2 Å². The third-order valence-corrected chi connectivity index (χ3v) is 5.40. The van der Waals surface area contributed by atoms with Gasteiger partial charge in [0.2, 0.25) is 5.91 Å². The molecule has 5 nitrogen and oxygen atoms in total. The number of carbonyl (C=O) groups is 1. The fourth-order valence-corrected chi connectivity index (χ4v) is 3.94. The van der Waals surface area contributed by atoms with Crippen LogP contribution in [0.5, 0.6) is 5.75 Å². The number of ether oxygens (including phenoxy) is 1. The number of fused-ring (bicyclic) bond motifs is 1. The van der Waals surface area contributed by atoms with E-state index in [0.29, 0.717) is 49.5 Å². The molecular formula is C21H29F3N3O2-. The Morgan fingerprint density at radius 1 is 1.24 bits per heavy atom. The van der Waals surface area contributed by atoms with Crippen LogP contribution in [0.3, 0.4) is 0 Å². The van der Waals surface area contributed by atoms with Crippen LogP contribution in [0.25, 0.3) is 5.32 Å². The third-order valence-electron chi connectivity index (χ3n) is 5.40. The Kier molecular flexibility index (Phi) is 6.43. The van der Waals surface area contributed by atoms with Gasteiger partial charge >= 0.3 is 6.36 Å². The van der Waals surface area contributed by atoms with E-state index in [1.54, 1.807) is 12.1 Å². The number of hydrogen-bond acceptors (Lipinski definition) is 3. The average Bonchev–Trinajstić information content (AvgIpc) is 3.03. The highest BCUT2D eigenvalue weighted by Crippen LogP contribution is 2.52. The van der Waals surface area contributed by atoms with Crippen molar-refractivity contribution in [2.45, 2.75) is 33.7 Å². The standard InChI is InChI=1S/C21H29F3N3O2/c1-20(2,3)13-26-19(28)12-27-10-17-16(18(17)11-27)9-25-8-14-5-4-6-15(7-14)29-21(22,23)24/h4-7,16-18H,8-13H2,1-3H3,(H,26,28)/q-1. The summed E-state index contributed by atoms with van der Waals surface area (Å²) in [6, 6.07) is 5.95. The van der Waals surface area contributed by atoms with Gasteiger partial charge in [-0.1, -0.05) is 44.4 Å². The molecule has 1 saturated heterocycles. The Morgan fingerprint density at radius 2 is 1.93 bits per heavy atom. The molecule has 29 heavy (non-hydrogen) atoms. The molecular weight excluding hydrogens is 383 g/mol. The second-order valence-corrected chi connectivity index (χ2v) is 9.28. The number of amides is 1. The SMILES string of the molecule is CC(C)(C)CNC(=O)CN1CC2C(C[N-]Cc3cccc(OC(F)(F)F)c3)C2C1. The number of hydrogen-bond donors (Lipinski definition) is 1. The molecule has 2 atom stereocenters. The molecule has 1 amide bonds. The van der Waals surface area contributed by atoms with E-state index in [2.05, 4.69) is 41.0 Å². The van der Waals surface area contributed by atoms with Gasteiger partial charge in [-0.05, 0) is 29.4 Å². The van der Waals surface area contributed by atoms with Gasteiger partial charge in [0, 0.05) is 19.6 Å². The molecule has 2 fully saturated rings. The summed E-state index contributed by atoms with van der Waals surface area (Å²) in [4.78, 5) is 14.2. The third kappa shape index (κ3) is 6.89. The van der Waals surface area contributed by atoms with Gasteiger partial charge in [-0.2, -0.15) is 0 Å². The summed E-state index contributed by atoms with van der Waals surface area (Å²) in [5, 5.41) is 7.51. The largest absolute Gasteiger partial charge is 0.658 e. The fraction of sp³-hybridized carbons (Fsp3) is 0.667. The van der Waals surface area contributed by atoms with Crippen molar-refractivity contribution in [2.24, 2.45) is 23.2 Å². The highest BCUT2D eigenvalue weighted by atomic mass is 19.4. The van der Waals surface area contributed by atoms with Crippen LogP contribution in [-0.2, 0) is 11.3 Å². The topological polar surface area (TPSA) is 55.7 Å². The summed E-state index contributed by atoms with van der Waals surface area (Å²) >= 11 is 0. The van der Waals surface area contributed by atoms with E-state index in [-0.39, 0.29) is 17.1 Å². The van der Waals surface area contributed by atoms with E-state index in [0.717, 1.165) is 13.1 Å². The van der Waals surface area contributed by atoms with Crippen molar-refractivity contribution in [1.29, 1.82) is 0 Å². The zero-order valence-electron chi connectivity index (χ0n) is 17.1. The fourth-order valence-electron chi connectivity index (χ4n) is 3.94. The lowest BCUT2D eigenvalue weighted by Crippen LogP contribution is -2.40. The van der Waals surface area contributed by atoms with Crippen molar-refractivity contribution in [2.75, 3.05) is 32.7 Å². The second-order valence-electron chi connectivity index (χ2n) is 9.28. The normalized spacial score (nSPS) is 24.3. The zero-order valence-corrected chi connectivity index (χ0v) is 17.1. The molecule has 0 aromatic heterocycles. The summed E-state index contributed by atoms with van der Waals surface area (Å²) in [5.41, 5.74) is 0.781. The first kappa shape index (κ1) is 21.9. The molecule has 1 N–H and O–H groups in total. The van der Waals surface area contributed by atoms with Crippen molar-refractivity contribution >= 4 is 5.91 Å². The number of carbonyl (C=O) groups excluding carboxylic acids is 1. The van der Waals surface area contributed by atoms with E-state index >= 15 is 0 Å². The van der Waals surface area contributed by atoms with Crippen LogP contribution in [0.15, 0.2) is 24.3 Å². The van der Waals surface area contributed by atoms with Crippen LogP contribution < -0.4 is 10.1 Å². The minimum Gasteiger partial charge on any atom is -0.658 e. The van der Waals surface area contributed by atoms with E-state index < -0.39 is 6.36 Å². The number of alkyl halides is 3. The summed E-state index contributed by atoms with van der Waals surface area (Å²) in [5.74, 6) is 1.54. The lowest BCUT2D eigenvalue weighted by molar-refractivity contribution is -0.274. The Balaban J connectivity index is 1.33. The first-order valence-electron chi connectivity index (χ1n) is 9.97. The zero-order chi connectivity index (χ0) is 21.2. The number of rotatable bonds is 8. The first-order valence-corrected chi connectivity index (χ1v) is 9.97. The Labute approximate surface area is 170 Å². The quantitative estimate of drug-likeness (QED) is 0.707. The Morgan fingerprint density at radius 3 is 2.55 bits per heavy atom. The van der Waals surface area contributed by atoms with E-state index in [9.17, 15) is 18.0 Å². The van der Waals surface area contributed by atoms with Gasteiger partial charge in [-0.3, -0.25) is 9.69 Å². The van der Waals surface area contributed by atoms with Crippen molar-refractivity contribution < 1.29 is 22.7 Å². The summed E-state index contributed by atoms with van der Waals surface area (Å²) in [6.45, 7) is 10.3. The molecule has 162 valence electrons. The lowest BCUT2D eigenvalue weighted by Gasteiger charge is -2.24. The number of nitrogens with one attached hydrogen (secondary N) is 1. The van der Waals surface area contributed by atoms with Gasteiger partial charge in [0.15, 0.2) is 0 Å². The van der Waals surface area contributed by atoms with Gasteiger partial charge in [0.05, 0.1) is 6.54 Å². The summed E-state index contributed by atoms with van der Waals surface area (Å²) in [7, 11) is 0. The second kappa shape index (κ2) is 8.52. The molecule has 0 bridgehead atoms. The van der Waals surface area contributed by atoms with Crippen LogP contribution in [-0.4, -0.2) is 49.9 Å².